The Kier molecular flexibility index (Phi) is 11.6. The monoisotopic (exact) mass is 871 g/mol. The first kappa shape index (κ1) is 43.6. The lowest BCUT2D eigenvalue weighted by Crippen LogP contribution is -2.65. The van der Waals surface area contributed by atoms with Crippen molar-refractivity contribution in [2.75, 3.05) is 21.1 Å². The van der Waals surface area contributed by atoms with Crippen LogP contribution < -0.4 is 0 Å². The Morgan fingerprint density at radius 3 is 1.98 bits per heavy atom. The van der Waals surface area contributed by atoms with Crippen LogP contribution in [0.1, 0.15) is 97.0 Å². The molecule has 7 heterocycles. The van der Waals surface area contributed by atoms with Gasteiger partial charge >= 0.3 is 35.8 Å². The van der Waals surface area contributed by atoms with E-state index in [4.69, 9.17) is 28.4 Å². The fourth-order valence-corrected chi connectivity index (χ4v) is 12.7. The Labute approximate surface area is 368 Å². The van der Waals surface area contributed by atoms with Gasteiger partial charge < -0.3 is 28.4 Å². The van der Waals surface area contributed by atoms with Crippen LogP contribution in [0.2, 0.25) is 0 Å². The number of ether oxygens (including phenoxy) is 6. The summed E-state index contributed by atoms with van der Waals surface area (Å²) >= 11 is 0. The number of esters is 6. The Bertz CT molecular complexity index is 2090. The fourth-order valence-electron chi connectivity index (χ4n) is 12.7. The molecule has 0 spiro atoms. The molecule has 16 unspecified atom stereocenters. The van der Waals surface area contributed by atoms with Gasteiger partial charge in [0.05, 0.1) is 35.4 Å². The second-order valence-corrected chi connectivity index (χ2v) is 19.8. The third-order valence-electron chi connectivity index (χ3n) is 16.4. The van der Waals surface area contributed by atoms with E-state index in [1.54, 1.807) is 26.8 Å². The van der Waals surface area contributed by atoms with Crippen LogP contribution in [0, 0.1) is 17.3 Å². The van der Waals surface area contributed by atoms with Crippen molar-refractivity contribution in [3.63, 3.8) is 0 Å². The second-order valence-electron chi connectivity index (χ2n) is 19.8. The predicted octanol–water partition coefficient (Wildman–Crippen LogP) is 4.02. The molecule has 340 valence electrons. The molecule has 8 bridgehead atoms. The van der Waals surface area contributed by atoms with Crippen LogP contribution in [-0.4, -0.2) is 145 Å². The van der Waals surface area contributed by atoms with Crippen molar-refractivity contribution in [2.45, 2.75) is 164 Å². The number of nitrogens with zero attached hydrogens (tertiary/aromatic N) is 3. The molecule has 63 heavy (non-hydrogen) atoms. The van der Waals surface area contributed by atoms with Crippen LogP contribution >= 0.6 is 0 Å². The molecule has 7 aliphatic heterocycles. The van der Waals surface area contributed by atoms with Crippen LogP contribution in [-0.2, 0) is 57.2 Å². The molecule has 1 saturated carbocycles. The van der Waals surface area contributed by atoms with Crippen LogP contribution in [0.4, 0.5) is 0 Å². The van der Waals surface area contributed by atoms with E-state index >= 15 is 4.79 Å². The maximum Gasteiger partial charge on any atom is 0.334 e. The van der Waals surface area contributed by atoms with Crippen LogP contribution in [0.15, 0.2) is 53.6 Å². The maximum atomic E-state index is 15.2. The Balaban J connectivity index is 1.04. The van der Waals surface area contributed by atoms with Crippen molar-refractivity contribution >= 4 is 35.8 Å². The zero-order valence-corrected chi connectivity index (χ0v) is 37.3. The number of fused-ring (bicyclic) bond motifs is 7. The molecule has 15 heteroatoms. The van der Waals surface area contributed by atoms with Gasteiger partial charge in [-0.15, -0.1) is 0 Å². The Morgan fingerprint density at radius 2 is 1.33 bits per heavy atom. The minimum Gasteiger partial charge on any atom is -0.462 e. The number of benzene rings is 1. The molecular weight excluding hydrogens is 811 g/mol. The average molecular weight is 872 g/mol. The number of piperidine rings is 3. The zero-order valence-electron chi connectivity index (χ0n) is 37.3. The lowest BCUT2D eigenvalue weighted by molar-refractivity contribution is -0.210. The lowest BCUT2D eigenvalue weighted by Gasteiger charge is -2.55. The summed E-state index contributed by atoms with van der Waals surface area (Å²) in [6, 6.07) is 8.45. The molecule has 9 rings (SSSR count). The summed E-state index contributed by atoms with van der Waals surface area (Å²) in [5, 5.41) is 0. The van der Waals surface area contributed by atoms with E-state index in [0.717, 1.165) is 0 Å². The molecule has 1 aliphatic carbocycles. The van der Waals surface area contributed by atoms with E-state index in [9.17, 15) is 24.0 Å². The van der Waals surface area contributed by atoms with E-state index in [0.29, 0.717) is 68.9 Å². The zero-order chi connectivity index (χ0) is 44.6. The van der Waals surface area contributed by atoms with Gasteiger partial charge in [0.15, 0.2) is 0 Å². The largest absolute Gasteiger partial charge is 0.462 e. The molecule has 0 radical (unpaired) electrons. The molecule has 1 aromatic rings. The third-order valence-corrected chi connectivity index (χ3v) is 16.4. The highest BCUT2D eigenvalue weighted by Gasteiger charge is 2.72. The Hall–Kier alpha value is -4.60. The number of hydrogen-bond donors (Lipinski definition) is 0. The molecule has 16 atom stereocenters. The number of carbonyl (C=O) groups excluding carboxylic acids is 6. The normalized spacial score (nSPS) is 42.0. The van der Waals surface area contributed by atoms with Crippen molar-refractivity contribution in [3.8, 4) is 0 Å². The summed E-state index contributed by atoms with van der Waals surface area (Å²) in [7, 11) is 5.93. The molecule has 0 aromatic heterocycles. The summed E-state index contributed by atoms with van der Waals surface area (Å²) in [4.78, 5) is 90.8. The minimum atomic E-state index is -1.68. The lowest BCUT2D eigenvalue weighted by atomic mass is 9.45. The van der Waals surface area contributed by atoms with Crippen molar-refractivity contribution in [1.82, 2.24) is 14.7 Å². The van der Waals surface area contributed by atoms with Gasteiger partial charge in [0.1, 0.15) is 36.6 Å². The minimum absolute atomic E-state index is 0.0125. The molecule has 8 aliphatic rings. The van der Waals surface area contributed by atoms with Gasteiger partial charge in [-0.3, -0.25) is 29.1 Å². The van der Waals surface area contributed by atoms with Gasteiger partial charge in [0.25, 0.3) is 0 Å². The van der Waals surface area contributed by atoms with Gasteiger partial charge in [-0.25, -0.2) is 14.4 Å². The first-order chi connectivity index (χ1) is 30.0. The van der Waals surface area contributed by atoms with Gasteiger partial charge in [-0.2, -0.15) is 0 Å². The molecule has 15 nitrogen and oxygen atoms in total. The fraction of sp³-hybridized carbons (Fsp3) is 0.667. The van der Waals surface area contributed by atoms with Gasteiger partial charge in [0.2, 0.25) is 0 Å². The van der Waals surface area contributed by atoms with Crippen molar-refractivity contribution in [2.24, 2.45) is 17.3 Å². The van der Waals surface area contributed by atoms with E-state index in [1.807, 2.05) is 51.5 Å². The highest BCUT2D eigenvalue weighted by molar-refractivity contribution is 5.97. The number of rotatable bonds is 5. The van der Waals surface area contributed by atoms with Crippen LogP contribution in [0.25, 0.3) is 0 Å². The number of hydrogen-bond acceptors (Lipinski definition) is 15. The molecule has 1 aromatic carbocycles. The van der Waals surface area contributed by atoms with Gasteiger partial charge in [-0.1, -0.05) is 36.4 Å². The van der Waals surface area contributed by atoms with Crippen molar-refractivity contribution in [3.05, 3.63) is 59.2 Å². The molecule has 0 amide bonds. The summed E-state index contributed by atoms with van der Waals surface area (Å²) in [5.74, 6) is -6.40. The quantitative estimate of drug-likeness (QED) is 0.236. The third kappa shape index (κ3) is 7.69. The van der Waals surface area contributed by atoms with Gasteiger partial charge in [-0.05, 0) is 54.4 Å². The molecule has 6 saturated heterocycles. The standard InChI is InChI=1S/C48H61N3O12/c1-8-24(2)43(53)61-36-18-28-17-32(23-34(36)50(28)6)60-45(55)41-40(26-12-10-9-11-13-26)42-46(56)62-37-19-27-15-30(21-33(37)49(27)5)58-39(52)14-25(3)44(54)59-31-16-29-20-38(35(22-31)51(29)7)63-47(57)48(41,42)4/h8-14,27-38,40-42H,15-23H2,1-7H3. The smallest absolute Gasteiger partial charge is 0.334 e. The van der Waals surface area contributed by atoms with Crippen LogP contribution in [0.3, 0.4) is 0 Å². The Morgan fingerprint density at radius 1 is 0.730 bits per heavy atom. The molecule has 0 N–H and O–H groups in total. The van der Waals surface area contributed by atoms with Gasteiger partial charge in [0, 0.05) is 99.1 Å². The highest BCUT2D eigenvalue weighted by Crippen LogP contribution is 2.63. The summed E-state index contributed by atoms with van der Waals surface area (Å²) in [5.41, 5.74) is -0.311. The SMILES string of the molecule is CC=C(C)C(=O)OC1CC2CC(OC(=O)C3C(c4ccccc4)C4C(=O)OC5CC6CC(CC5N6C)OC(=O)C=C(C)C(=O)OC5CC6CC(OC(=O)C34C)C(C5)N6C)CC1N2C. The number of allylic oxidation sites excluding steroid dienone is 1. The predicted molar refractivity (Wildman–Crippen MR) is 224 cm³/mol. The maximum absolute atomic E-state index is 15.2. The average Bonchev–Trinajstić information content (AvgIpc) is 3.57. The topological polar surface area (TPSA) is 168 Å². The summed E-state index contributed by atoms with van der Waals surface area (Å²) in [6.45, 7) is 6.70. The van der Waals surface area contributed by atoms with E-state index in [1.165, 1.54) is 13.0 Å². The molecule has 7 fully saturated rings. The van der Waals surface area contributed by atoms with E-state index in [2.05, 4.69) is 14.7 Å². The van der Waals surface area contributed by atoms with Crippen LogP contribution in [0.5, 0.6) is 0 Å². The first-order valence-corrected chi connectivity index (χ1v) is 22.8. The highest BCUT2D eigenvalue weighted by atomic mass is 16.6. The second kappa shape index (κ2) is 16.8. The summed E-state index contributed by atoms with van der Waals surface area (Å²) in [6.07, 6.45) is 4.29. The van der Waals surface area contributed by atoms with Crippen molar-refractivity contribution < 1.29 is 57.2 Å². The number of likely N-dealkylation sites (N-methyl/N-ethyl adjacent to an activating group) is 3. The summed E-state index contributed by atoms with van der Waals surface area (Å²) < 4.78 is 37.2. The first-order valence-electron chi connectivity index (χ1n) is 22.8. The van der Waals surface area contributed by atoms with E-state index in [-0.39, 0.29) is 53.9 Å². The van der Waals surface area contributed by atoms with Crippen molar-refractivity contribution in [1.29, 1.82) is 0 Å². The number of carbonyl (C=O) groups is 6. The van der Waals surface area contributed by atoms with E-state index < -0.39 is 83.5 Å². The molecular formula is C48H61N3O12.